The van der Waals surface area contributed by atoms with Gasteiger partial charge in [0.15, 0.2) is 0 Å². The van der Waals surface area contributed by atoms with Crippen LogP contribution in [0.1, 0.15) is 37.3 Å². The van der Waals surface area contributed by atoms with Crippen molar-refractivity contribution < 1.29 is 9.59 Å². The summed E-state index contributed by atoms with van der Waals surface area (Å²) < 4.78 is 0. The van der Waals surface area contributed by atoms with Gasteiger partial charge in [-0.05, 0) is 43.6 Å². The molecule has 1 atom stereocenters. The Kier molecular flexibility index (Phi) is 7.50. The quantitative estimate of drug-likeness (QED) is 0.774. The van der Waals surface area contributed by atoms with Gasteiger partial charge in [0.1, 0.15) is 0 Å². The summed E-state index contributed by atoms with van der Waals surface area (Å²) in [5, 5.41) is 6.59. The molecule has 3 rings (SSSR count). The normalized spacial score (nSPS) is 20.6. The lowest BCUT2D eigenvalue weighted by atomic mass is 10.0. The summed E-state index contributed by atoms with van der Waals surface area (Å²) >= 11 is 6.05. The first kappa shape index (κ1) is 20.1. The Hall–Kier alpha value is -1.63. The zero-order valence-electron chi connectivity index (χ0n) is 15.8. The van der Waals surface area contributed by atoms with Crippen molar-refractivity contribution in [1.29, 1.82) is 0 Å². The van der Waals surface area contributed by atoms with Gasteiger partial charge in [-0.25, -0.2) is 0 Å². The molecule has 0 spiro atoms. The van der Waals surface area contributed by atoms with Gasteiger partial charge in [0.2, 0.25) is 11.8 Å². The maximum Gasteiger partial charge on any atom is 0.234 e. The summed E-state index contributed by atoms with van der Waals surface area (Å²) in [5.74, 6) is -0.0452. The number of hydrogen-bond acceptors (Lipinski definition) is 4. The predicted octanol–water partition coefficient (Wildman–Crippen LogP) is 1.81. The van der Waals surface area contributed by atoms with Crippen LogP contribution in [-0.4, -0.2) is 67.4 Å². The van der Waals surface area contributed by atoms with Crippen molar-refractivity contribution in [3.05, 3.63) is 34.9 Å². The Morgan fingerprint density at radius 1 is 1.11 bits per heavy atom. The Labute approximate surface area is 166 Å². The van der Waals surface area contributed by atoms with Gasteiger partial charge in [0.25, 0.3) is 0 Å². The molecule has 2 aliphatic rings. The van der Waals surface area contributed by atoms with E-state index in [0.29, 0.717) is 26.2 Å². The molecule has 6 nitrogen and oxygen atoms in total. The lowest BCUT2D eigenvalue weighted by Gasteiger charge is -2.32. The minimum Gasteiger partial charge on any atom is -0.354 e. The summed E-state index contributed by atoms with van der Waals surface area (Å²) in [4.78, 5) is 28.3. The van der Waals surface area contributed by atoms with Gasteiger partial charge in [0, 0.05) is 24.7 Å². The number of carbonyl (C=O) groups is 2. The standard InChI is InChI=1S/C20H29ClN4O2/c21-17-7-5-16(6-8-17)18(25-10-3-1-2-4-11-25)13-23-20(27)15-24-12-9-22-19(26)14-24/h5-8,18H,1-4,9-15H2,(H,22,26)(H,23,27)/t18-/m1/s1. The molecule has 0 aromatic heterocycles. The number of hydrogen-bond donors (Lipinski definition) is 2. The Morgan fingerprint density at radius 2 is 1.81 bits per heavy atom. The molecule has 2 aliphatic heterocycles. The van der Waals surface area contributed by atoms with Crippen LogP contribution in [0.25, 0.3) is 0 Å². The highest BCUT2D eigenvalue weighted by Gasteiger charge is 2.23. The van der Waals surface area contributed by atoms with Gasteiger partial charge in [-0.3, -0.25) is 19.4 Å². The van der Waals surface area contributed by atoms with Gasteiger partial charge in [-0.2, -0.15) is 0 Å². The van der Waals surface area contributed by atoms with E-state index in [-0.39, 0.29) is 24.4 Å². The second-order valence-electron chi connectivity index (χ2n) is 7.38. The molecule has 2 amide bonds. The number of benzene rings is 1. The second-order valence-corrected chi connectivity index (χ2v) is 7.82. The monoisotopic (exact) mass is 392 g/mol. The van der Waals surface area contributed by atoms with Gasteiger partial charge < -0.3 is 10.6 Å². The topological polar surface area (TPSA) is 64.7 Å². The van der Waals surface area contributed by atoms with E-state index in [0.717, 1.165) is 18.1 Å². The summed E-state index contributed by atoms with van der Waals surface area (Å²) in [6, 6.07) is 8.08. The highest BCUT2D eigenvalue weighted by Crippen LogP contribution is 2.25. The fourth-order valence-corrected chi connectivity index (χ4v) is 3.97. The number of carbonyl (C=O) groups excluding carboxylic acids is 2. The molecular weight excluding hydrogens is 364 g/mol. The third-order valence-electron chi connectivity index (χ3n) is 5.31. The summed E-state index contributed by atoms with van der Waals surface area (Å²) in [7, 11) is 0. The summed E-state index contributed by atoms with van der Waals surface area (Å²) in [6.07, 6.45) is 4.93. The highest BCUT2D eigenvalue weighted by atomic mass is 35.5. The van der Waals surface area contributed by atoms with Gasteiger partial charge in [-0.15, -0.1) is 0 Å². The third kappa shape index (κ3) is 6.19. The van der Waals surface area contributed by atoms with Crippen molar-refractivity contribution in [2.45, 2.75) is 31.7 Å². The molecule has 7 heteroatoms. The average Bonchev–Trinajstić information content (AvgIpc) is 2.93. The SMILES string of the molecule is O=C1CN(CC(=O)NC[C@H](c2ccc(Cl)cc2)N2CCCCCC2)CCN1. The number of rotatable bonds is 6. The number of nitrogens with one attached hydrogen (secondary N) is 2. The number of amides is 2. The van der Waals surface area contributed by atoms with Crippen LogP contribution in [0.2, 0.25) is 5.02 Å². The average molecular weight is 393 g/mol. The molecule has 0 unspecified atom stereocenters. The Balaban J connectivity index is 1.61. The third-order valence-corrected chi connectivity index (χ3v) is 5.57. The minimum atomic E-state index is -0.0292. The molecule has 0 aliphatic carbocycles. The maximum atomic E-state index is 12.4. The van der Waals surface area contributed by atoms with E-state index >= 15 is 0 Å². The first-order valence-electron chi connectivity index (χ1n) is 9.87. The van der Waals surface area contributed by atoms with E-state index in [1.165, 1.54) is 31.2 Å². The highest BCUT2D eigenvalue weighted by molar-refractivity contribution is 6.30. The first-order chi connectivity index (χ1) is 13.1. The lowest BCUT2D eigenvalue weighted by molar-refractivity contribution is -0.127. The van der Waals surface area contributed by atoms with Crippen LogP contribution in [0.5, 0.6) is 0 Å². The van der Waals surface area contributed by atoms with Crippen LogP contribution in [0.15, 0.2) is 24.3 Å². The van der Waals surface area contributed by atoms with E-state index in [9.17, 15) is 9.59 Å². The molecule has 2 fully saturated rings. The van der Waals surface area contributed by atoms with Crippen molar-refractivity contribution >= 4 is 23.4 Å². The molecule has 2 saturated heterocycles. The Bertz CT molecular complexity index is 629. The molecule has 0 radical (unpaired) electrons. The summed E-state index contributed by atoms with van der Waals surface area (Å²) in [5.41, 5.74) is 1.18. The van der Waals surface area contributed by atoms with Crippen molar-refractivity contribution in [1.82, 2.24) is 20.4 Å². The molecule has 2 N–H and O–H groups in total. The Morgan fingerprint density at radius 3 is 2.48 bits per heavy atom. The predicted molar refractivity (Wildman–Crippen MR) is 107 cm³/mol. The number of nitrogens with zero attached hydrogens (tertiary/aromatic N) is 2. The van der Waals surface area contributed by atoms with Gasteiger partial charge in [-0.1, -0.05) is 36.6 Å². The smallest absolute Gasteiger partial charge is 0.234 e. The fourth-order valence-electron chi connectivity index (χ4n) is 3.85. The van der Waals surface area contributed by atoms with Crippen LogP contribution in [0.3, 0.4) is 0 Å². The maximum absolute atomic E-state index is 12.4. The van der Waals surface area contributed by atoms with Crippen LogP contribution < -0.4 is 10.6 Å². The largest absolute Gasteiger partial charge is 0.354 e. The van der Waals surface area contributed by atoms with Crippen molar-refractivity contribution in [3.8, 4) is 0 Å². The van der Waals surface area contributed by atoms with Crippen LogP contribution in [0, 0.1) is 0 Å². The van der Waals surface area contributed by atoms with Gasteiger partial charge in [0.05, 0.1) is 19.1 Å². The summed E-state index contributed by atoms with van der Waals surface area (Å²) in [6.45, 7) is 4.55. The van der Waals surface area contributed by atoms with E-state index < -0.39 is 0 Å². The molecule has 0 bridgehead atoms. The van der Waals surface area contributed by atoms with Crippen molar-refractivity contribution in [2.75, 3.05) is 45.8 Å². The van der Waals surface area contributed by atoms with Crippen LogP contribution in [0.4, 0.5) is 0 Å². The van der Waals surface area contributed by atoms with Crippen molar-refractivity contribution in [2.24, 2.45) is 0 Å². The first-order valence-corrected chi connectivity index (χ1v) is 10.2. The van der Waals surface area contributed by atoms with Crippen LogP contribution in [-0.2, 0) is 9.59 Å². The molecule has 1 aromatic rings. The van der Waals surface area contributed by atoms with Crippen molar-refractivity contribution in [3.63, 3.8) is 0 Å². The molecule has 148 valence electrons. The number of piperazine rings is 1. The zero-order chi connectivity index (χ0) is 19.1. The molecule has 2 heterocycles. The minimum absolute atomic E-state index is 0.0161. The lowest BCUT2D eigenvalue weighted by Crippen LogP contribution is -2.51. The fraction of sp³-hybridized carbons (Fsp3) is 0.600. The molecule has 1 aromatic carbocycles. The van der Waals surface area contributed by atoms with E-state index in [1.54, 1.807) is 0 Å². The van der Waals surface area contributed by atoms with Gasteiger partial charge >= 0.3 is 0 Å². The van der Waals surface area contributed by atoms with E-state index in [1.807, 2.05) is 17.0 Å². The molecule has 0 saturated carbocycles. The molecular formula is C20H29ClN4O2. The second kappa shape index (κ2) is 10.1. The zero-order valence-corrected chi connectivity index (χ0v) is 16.5. The number of likely N-dealkylation sites (tertiary alicyclic amines) is 1. The number of halogens is 1. The van der Waals surface area contributed by atoms with E-state index in [4.69, 9.17) is 11.6 Å². The van der Waals surface area contributed by atoms with E-state index in [2.05, 4.69) is 27.7 Å². The van der Waals surface area contributed by atoms with Crippen LogP contribution >= 0.6 is 11.6 Å². The molecule has 27 heavy (non-hydrogen) atoms.